The van der Waals surface area contributed by atoms with Gasteiger partial charge in [-0.25, -0.2) is 17.2 Å². The van der Waals surface area contributed by atoms with Gasteiger partial charge in [0.2, 0.25) is 10.0 Å². The second-order valence-corrected chi connectivity index (χ2v) is 8.06. The molecule has 1 aromatic rings. The summed E-state index contributed by atoms with van der Waals surface area (Å²) in [5, 5.41) is 0. The van der Waals surface area contributed by atoms with E-state index in [0.29, 0.717) is 18.9 Å². The molecule has 2 rings (SSSR count). The lowest BCUT2D eigenvalue weighted by Crippen LogP contribution is -2.42. The number of halogens is 3. The first kappa shape index (κ1) is 16.8. The molecule has 0 aromatic heterocycles. The molecule has 1 aliphatic heterocycles. The van der Waals surface area contributed by atoms with Crippen LogP contribution in [0.2, 0.25) is 0 Å². The van der Waals surface area contributed by atoms with Crippen LogP contribution >= 0.6 is 15.9 Å². The van der Waals surface area contributed by atoms with Crippen LogP contribution in [0.15, 0.2) is 21.5 Å². The average Bonchev–Trinajstić information content (AvgIpc) is 2.42. The Morgan fingerprint density at radius 2 is 1.86 bits per heavy atom. The van der Waals surface area contributed by atoms with Gasteiger partial charge in [-0.2, -0.15) is 4.31 Å². The first-order valence-electron chi connectivity index (χ1n) is 6.63. The first-order chi connectivity index (χ1) is 9.73. The number of hydrogen-bond donors (Lipinski definition) is 1. The minimum absolute atomic E-state index is 0.00304. The number of sulfonamides is 1. The summed E-state index contributed by atoms with van der Waals surface area (Å²) in [6.45, 7) is 2.43. The summed E-state index contributed by atoms with van der Waals surface area (Å²) in [4.78, 5) is -0.623. The van der Waals surface area contributed by atoms with Crippen molar-refractivity contribution in [1.82, 2.24) is 4.31 Å². The van der Waals surface area contributed by atoms with E-state index in [4.69, 9.17) is 5.73 Å². The van der Waals surface area contributed by atoms with Gasteiger partial charge in [0.25, 0.3) is 0 Å². The molecule has 1 atom stereocenters. The van der Waals surface area contributed by atoms with Crippen molar-refractivity contribution in [3.05, 3.63) is 28.2 Å². The number of nitrogens with zero attached hydrogens (tertiary/aromatic N) is 1. The fraction of sp³-hybridized carbons (Fsp3) is 0.538. The van der Waals surface area contributed by atoms with Gasteiger partial charge in [0.05, 0.1) is 4.47 Å². The molecule has 1 aromatic carbocycles. The maximum absolute atomic E-state index is 13.9. The molecule has 0 radical (unpaired) electrons. The summed E-state index contributed by atoms with van der Waals surface area (Å²) < 4.78 is 53.3. The lowest BCUT2D eigenvalue weighted by molar-refractivity contribution is 0.250. The minimum atomic E-state index is -4.02. The van der Waals surface area contributed by atoms with E-state index in [2.05, 4.69) is 15.9 Å². The van der Waals surface area contributed by atoms with E-state index in [1.807, 2.05) is 6.92 Å². The number of piperidine rings is 1. The molecule has 4 nitrogen and oxygen atoms in total. The van der Waals surface area contributed by atoms with Crippen molar-refractivity contribution >= 4 is 26.0 Å². The summed E-state index contributed by atoms with van der Waals surface area (Å²) in [5.41, 5.74) is 5.81. The molecule has 0 amide bonds. The standard InChI is InChI=1S/C13H17BrF2N2O2S/c1-8(17)9-2-4-18(5-3-9)21(19,20)13-7-11(15)10(14)6-12(13)16/h6-9H,2-5,17H2,1H3. The molecular formula is C13H17BrF2N2O2S. The van der Waals surface area contributed by atoms with Gasteiger partial charge in [-0.15, -0.1) is 0 Å². The van der Waals surface area contributed by atoms with E-state index < -0.39 is 26.6 Å². The third-order valence-corrected chi connectivity index (χ3v) is 6.36. The molecule has 8 heteroatoms. The predicted octanol–water partition coefficient (Wildman–Crippen LogP) is 2.48. The molecular weight excluding hydrogens is 366 g/mol. The highest BCUT2D eigenvalue weighted by Gasteiger charge is 2.32. The zero-order valence-electron chi connectivity index (χ0n) is 11.5. The SMILES string of the molecule is CC(N)C1CCN(S(=O)(=O)c2cc(F)c(Br)cc2F)CC1. The van der Waals surface area contributed by atoms with E-state index >= 15 is 0 Å². The Balaban J connectivity index is 2.26. The van der Waals surface area contributed by atoms with Gasteiger partial charge in [-0.3, -0.25) is 0 Å². The summed E-state index contributed by atoms with van der Waals surface area (Å²) in [6.07, 6.45) is 1.25. The van der Waals surface area contributed by atoms with Gasteiger partial charge in [-0.1, -0.05) is 0 Å². The van der Waals surface area contributed by atoms with Crippen molar-refractivity contribution in [2.45, 2.75) is 30.7 Å². The Morgan fingerprint density at radius 1 is 1.29 bits per heavy atom. The van der Waals surface area contributed by atoms with Crippen molar-refractivity contribution in [3.63, 3.8) is 0 Å². The van der Waals surface area contributed by atoms with Gasteiger partial charge in [0.15, 0.2) is 0 Å². The fourth-order valence-electron chi connectivity index (χ4n) is 2.48. The summed E-state index contributed by atoms with van der Waals surface area (Å²) in [7, 11) is -4.02. The van der Waals surface area contributed by atoms with Gasteiger partial charge in [0.1, 0.15) is 16.5 Å². The maximum Gasteiger partial charge on any atom is 0.246 e. The van der Waals surface area contributed by atoms with Crippen molar-refractivity contribution in [2.75, 3.05) is 13.1 Å². The van der Waals surface area contributed by atoms with E-state index in [-0.39, 0.29) is 29.5 Å². The smallest absolute Gasteiger partial charge is 0.246 e. The zero-order valence-corrected chi connectivity index (χ0v) is 13.9. The Bertz CT molecular complexity index is 629. The maximum atomic E-state index is 13.9. The van der Waals surface area contributed by atoms with Crippen LogP contribution in [0.25, 0.3) is 0 Å². The highest BCUT2D eigenvalue weighted by atomic mass is 79.9. The largest absolute Gasteiger partial charge is 0.328 e. The topological polar surface area (TPSA) is 63.4 Å². The van der Waals surface area contributed by atoms with Crippen molar-refractivity contribution in [1.29, 1.82) is 0 Å². The lowest BCUT2D eigenvalue weighted by Gasteiger charge is -2.33. The molecule has 2 N–H and O–H groups in total. The van der Waals surface area contributed by atoms with Gasteiger partial charge in [0, 0.05) is 19.1 Å². The van der Waals surface area contributed by atoms with Crippen LogP contribution in [0.5, 0.6) is 0 Å². The highest BCUT2D eigenvalue weighted by Crippen LogP contribution is 2.29. The van der Waals surface area contributed by atoms with Crippen LogP contribution in [0.4, 0.5) is 8.78 Å². The van der Waals surface area contributed by atoms with Crippen LogP contribution in [-0.2, 0) is 10.0 Å². The minimum Gasteiger partial charge on any atom is -0.328 e. The van der Waals surface area contributed by atoms with Crippen molar-refractivity contribution in [2.24, 2.45) is 11.7 Å². The molecule has 1 aliphatic rings. The second kappa shape index (κ2) is 6.28. The molecule has 1 unspecified atom stereocenters. The Labute approximate surface area is 131 Å². The molecule has 1 heterocycles. The molecule has 0 spiro atoms. The van der Waals surface area contributed by atoms with E-state index in [9.17, 15) is 17.2 Å². The second-order valence-electron chi connectivity index (χ2n) is 5.30. The summed E-state index contributed by atoms with van der Waals surface area (Å²) >= 11 is 2.83. The summed E-state index contributed by atoms with van der Waals surface area (Å²) in [5.74, 6) is -1.51. The van der Waals surface area contributed by atoms with Crippen LogP contribution in [0, 0.1) is 17.6 Å². The lowest BCUT2D eigenvalue weighted by atomic mass is 9.92. The van der Waals surface area contributed by atoms with Gasteiger partial charge >= 0.3 is 0 Å². The number of hydrogen-bond acceptors (Lipinski definition) is 3. The Hall–Kier alpha value is -0.570. The zero-order chi connectivity index (χ0) is 15.8. The first-order valence-corrected chi connectivity index (χ1v) is 8.87. The van der Waals surface area contributed by atoms with Crippen LogP contribution in [0.1, 0.15) is 19.8 Å². The van der Waals surface area contributed by atoms with E-state index in [1.54, 1.807) is 0 Å². The number of nitrogens with two attached hydrogens (primary N) is 1. The van der Waals surface area contributed by atoms with Crippen LogP contribution in [0.3, 0.4) is 0 Å². The molecule has 1 saturated heterocycles. The number of benzene rings is 1. The monoisotopic (exact) mass is 382 g/mol. The average molecular weight is 383 g/mol. The van der Waals surface area contributed by atoms with Crippen LogP contribution < -0.4 is 5.73 Å². The normalized spacial score (nSPS) is 19.7. The van der Waals surface area contributed by atoms with Gasteiger partial charge < -0.3 is 5.73 Å². The third kappa shape index (κ3) is 3.44. The molecule has 1 fully saturated rings. The third-order valence-electron chi connectivity index (χ3n) is 3.83. The van der Waals surface area contributed by atoms with E-state index in [1.165, 1.54) is 4.31 Å². The molecule has 118 valence electrons. The summed E-state index contributed by atoms with van der Waals surface area (Å²) in [6, 6.07) is 1.54. The fourth-order valence-corrected chi connectivity index (χ4v) is 4.33. The quantitative estimate of drug-likeness (QED) is 0.816. The Kier molecular flexibility index (Phi) is 5.02. The van der Waals surface area contributed by atoms with Gasteiger partial charge in [-0.05, 0) is 53.7 Å². The number of rotatable bonds is 3. The van der Waals surface area contributed by atoms with Crippen molar-refractivity contribution in [3.8, 4) is 0 Å². The molecule has 0 aliphatic carbocycles. The van der Waals surface area contributed by atoms with Crippen LogP contribution in [-0.4, -0.2) is 31.9 Å². The molecule has 0 saturated carbocycles. The molecule has 0 bridgehead atoms. The van der Waals surface area contributed by atoms with E-state index in [0.717, 1.165) is 6.07 Å². The Morgan fingerprint density at radius 3 is 2.38 bits per heavy atom. The molecule has 21 heavy (non-hydrogen) atoms. The highest BCUT2D eigenvalue weighted by molar-refractivity contribution is 9.10. The predicted molar refractivity (Wildman–Crippen MR) is 79.2 cm³/mol. The van der Waals surface area contributed by atoms with Crippen molar-refractivity contribution < 1.29 is 17.2 Å².